The van der Waals surface area contributed by atoms with Crippen molar-refractivity contribution in [1.29, 1.82) is 0 Å². The van der Waals surface area contributed by atoms with Crippen molar-refractivity contribution in [3.8, 4) is 0 Å². The molecule has 2 atom stereocenters. The van der Waals surface area contributed by atoms with Crippen LogP contribution in [0.4, 0.5) is 0 Å². The molecule has 2 rings (SSSR count). The summed E-state index contributed by atoms with van der Waals surface area (Å²) >= 11 is 9.52. The molecular weight excluding hydrogens is 263 g/mol. The molecule has 1 aromatic carbocycles. The minimum atomic E-state index is 0.180. The van der Waals surface area contributed by atoms with Gasteiger partial charge < -0.3 is 4.74 Å². The average Bonchev–Trinajstić information content (AvgIpc) is 2.19. The summed E-state index contributed by atoms with van der Waals surface area (Å²) in [4.78, 5) is 0. The first-order valence-electron chi connectivity index (χ1n) is 4.77. The van der Waals surface area contributed by atoms with Gasteiger partial charge in [-0.15, -0.1) is 11.6 Å². The first-order chi connectivity index (χ1) is 6.75. The van der Waals surface area contributed by atoms with Gasteiger partial charge in [-0.05, 0) is 30.5 Å². The second-order valence-electron chi connectivity index (χ2n) is 3.53. The molecule has 2 unspecified atom stereocenters. The van der Waals surface area contributed by atoms with Gasteiger partial charge in [0.05, 0.1) is 6.10 Å². The van der Waals surface area contributed by atoms with Crippen LogP contribution in [0.2, 0.25) is 0 Å². The smallest absolute Gasteiger partial charge is 0.0839 e. The molecule has 0 aromatic heterocycles. The zero-order chi connectivity index (χ0) is 9.97. The first-order valence-corrected chi connectivity index (χ1v) is 6.00. The number of alkyl halides is 1. The molecule has 1 saturated heterocycles. The summed E-state index contributed by atoms with van der Waals surface area (Å²) in [7, 11) is 0. The molecule has 1 heterocycles. The van der Waals surface area contributed by atoms with E-state index in [-0.39, 0.29) is 11.5 Å². The summed E-state index contributed by atoms with van der Waals surface area (Å²) in [5.41, 5.74) is 1.22. The van der Waals surface area contributed by atoms with E-state index in [0.717, 1.165) is 23.9 Å². The topological polar surface area (TPSA) is 9.23 Å². The number of hydrogen-bond donors (Lipinski definition) is 0. The van der Waals surface area contributed by atoms with Crippen LogP contribution in [0.3, 0.4) is 0 Å². The number of ether oxygens (including phenoxy) is 1. The molecular formula is C11H12BrClO. The summed E-state index contributed by atoms with van der Waals surface area (Å²) in [5, 5.41) is 0.261. The Kier molecular flexibility index (Phi) is 3.47. The van der Waals surface area contributed by atoms with Crippen LogP contribution in [0.1, 0.15) is 24.5 Å². The third-order valence-corrected chi connectivity index (χ3v) is 3.39. The predicted molar refractivity (Wildman–Crippen MR) is 61.7 cm³/mol. The SMILES string of the molecule is ClC1CCOC(c2ccc(Br)cc2)C1. The van der Waals surface area contributed by atoms with Crippen molar-refractivity contribution in [2.24, 2.45) is 0 Å². The van der Waals surface area contributed by atoms with Gasteiger partial charge in [0.2, 0.25) is 0 Å². The highest BCUT2D eigenvalue weighted by molar-refractivity contribution is 9.10. The van der Waals surface area contributed by atoms with Crippen LogP contribution in [0.15, 0.2) is 28.7 Å². The van der Waals surface area contributed by atoms with Crippen LogP contribution in [-0.2, 0) is 4.74 Å². The van der Waals surface area contributed by atoms with Gasteiger partial charge in [0.15, 0.2) is 0 Å². The quantitative estimate of drug-likeness (QED) is 0.706. The van der Waals surface area contributed by atoms with E-state index in [1.807, 2.05) is 12.1 Å². The van der Waals surface area contributed by atoms with Crippen molar-refractivity contribution in [2.75, 3.05) is 6.61 Å². The zero-order valence-corrected chi connectivity index (χ0v) is 10.1. The van der Waals surface area contributed by atoms with E-state index >= 15 is 0 Å². The molecule has 0 N–H and O–H groups in total. The van der Waals surface area contributed by atoms with Gasteiger partial charge in [0, 0.05) is 16.5 Å². The maximum atomic E-state index is 6.10. The van der Waals surface area contributed by atoms with E-state index in [0.29, 0.717) is 0 Å². The van der Waals surface area contributed by atoms with Crippen molar-refractivity contribution < 1.29 is 4.74 Å². The van der Waals surface area contributed by atoms with Crippen molar-refractivity contribution in [1.82, 2.24) is 0 Å². The van der Waals surface area contributed by atoms with Gasteiger partial charge in [-0.2, -0.15) is 0 Å². The van der Waals surface area contributed by atoms with Crippen molar-refractivity contribution >= 4 is 27.5 Å². The minimum absolute atomic E-state index is 0.180. The van der Waals surface area contributed by atoms with Gasteiger partial charge >= 0.3 is 0 Å². The van der Waals surface area contributed by atoms with Crippen molar-refractivity contribution in [3.63, 3.8) is 0 Å². The molecule has 0 amide bonds. The molecule has 1 fully saturated rings. The van der Waals surface area contributed by atoms with Gasteiger partial charge in [-0.25, -0.2) is 0 Å². The monoisotopic (exact) mass is 274 g/mol. The normalized spacial score (nSPS) is 27.6. The number of benzene rings is 1. The third-order valence-electron chi connectivity index (χ3n) is 2.46. The fourth-order valence-corrected chi connectivity index (χ4v) is 2.18. The molecule has 1 nitrogen and oxygen atoms in total. The average molecular weight is 276 g/mol. The van der Waals surface area contributed by atoms with Crippen molar-refractivity contribution in [2.45, 2.75) is 24.3 Å². The Morgan fingerprint density at radius 1 is 1.29 bits per heavy atom. The van der Waals surface area contributed by atoms with Crippen LogP contribution < -0.4 is 0 Å². The summed E-state index contributed by atoms with van der Waals surface area (Å²) in [6, 6.07) is 8.25. The summed E-state index contributed by atoms with van der Waals surface area (Å²) < 4.78 is 6.77. The highest BCUT2D eigenvalue weighted by Crippen LogP contribution is 2.31. The molecule has 1 aromatic rings. The lowest BCUT2D eigenvalue weighted by Crippen LogP contribution is -2.19. The maximum Gasteiger partial charge on any atom is 0.0839 e. The molecule has 0 spiro atoms. The lowest BCUT2D eigenvalue weighted by Gasteiger charge is -2.26. The molecule has 14 heavy (non-hydrogen) atoms. The van der Waals surface area contributed by atoms with Gasteiger partial charge in [-0.3, -0.25) is 0 Å². The Morgan fingerprint density at radius 3 is 2.64 bits per heavy atom. The van der Waals surface area contributed by atoms with E-state index in [1.165, 1.54) is 5.56 Å². The first kappa shape index (κ1) is 10.5. The summed E-state index contributed by atoms with van der Waals surface area (Å²) in [5.74, 6) is 0. The Morgan fingerprint density at radius 2 is 2.00 bits per heavy atom. The molecule has 76 valence electrons. The van der Waals surface area contributed by atoms with E-state index in [9.17, 15) is 0 Å². The highest BCUT2D eigenvalue weighted by atomic mass is 79.9. The molecule has 0 saturated carbocycles. The lowest BCUT2D eigenvalue weighted by atomic mass is 10.0. The van der Waals surface area contributed by atoms with Gasteiger partial charge in [0.25, 0.3) is 0 Å². The predicted octanol–water partition coefficient (Wildman–Crippen LogP) is 3.91. The molecule has 0 aliphatic carbocycles. The Balaban J connectivity index is 2.10. The maximum absolute atomic E-state index is 6.10. The molecule has 1 aliphatic heterocycles. The Hall–Kier alpha value is -0.0500. The van der Waals surface area contributed by atoms with E-state index in [2.05, 4.69) is 28.1 Å². The fraction of sp³-hybridized carbons (Fsp3) is 0.455. The highest BCUT2D eigenvalue weighted by Gasteiger charge is 2.21. The fourth-order valence-electron chi connectivity index (χ4n) is 1.67. The summed E-state index contributed by atoms with van der Waals surface area (Å²) in [6.45, 7) is 0.773. The number of halogens is 2. The molecule has 0 radical (unpaired) electrons. The van der Waals surface area contributed by atoms with Crippen molar-refractivity contribution in [3.05, 3.63) is 34.3 Å². The second-order valence-corrected chi connectivity index (χ2v) is 5.07. The van der Waals surface area contributed by atoms with Crippen LogP contribution >= 0.6 is 27.5 Å². The van der Waals surface area contributed by atoms with Gasteiger partial charge in [0.1, 0.15) is 0 Å². The Labute approximate surface area is 97.5 Å². The Bertz CT molecular complexity index is 299. The standard InChI is InChI=1S/C11H12BrClO/c12-9-3-1-8(2-4-9)11-7-10(13)5-6-14-11/h1-4,10-11H,5-7H2. The van der Waals surface area contributed by atoms with Crippen LogP contribution in [0.5, 0.6) is 0 Å². The minimum Gasteiger partial charge on any atom is -0.373 e. The van der Waals surface area contributed by atoms with E-state index < -0.39 is 0 Å². The van der Waals surface area contributed by atoms with E-state index in [1.54, 1.807) is 0 Å². The number of rotatable bonds is 1. The lowest BCUT2D eigenvalue weighted by molar-refractivity contribution is 0.0169. The molecule has 0 bridgehead atoms. The van der Waals surface area contributed by atoms with Gasteiger partial charge in [-0.1, -0.05) is 28.1 Å². The molecule has 3 heteroatoms. The van der Waals surface area contributed by atoms with Crippen LogP contribution in [-0.4, -0.2) is 12.0 Å². The van der Waals surface area contributed by atoms with E-state index in [4.69, 9.17) is 16.3 Å². The third kappa shape index (κ3) is 2.50. The zero-order valence-electron chi connectivity index (χ0n) is 7.75. The van der Waals surface area contributed by atoms with Crippen LogP contribution in [0.25, 0.3) is 0 Å². The van der Waals surface area contributed by atoms with Crippen LogP contribution in [0, 0.1) is 0 Å². The second kappa shape index (κ2) is 4.65. The molecule has 1 aliphatic rings. The largest absolute Gasteiger partial charge is 0.373 e. The number of hydrogen-bond acceptors (Lipinski definition) is 1. The summed E-state index contributed by atoms with van der Waals surface area (Å²) in [6.07, 6.45) is 2.07.